The highest BCUT2D eigenvalue weighted by molar-refractivity contribution is 6.46. The lowest BCUT2D eigenvalue weighted by molar-refractivity contribution is -0.140. The van der Waals surface area contributed by atoms with Gasteiger partial charge in [-0.2, -0.15) is 0 Å². The Kier molecular flexibility index (Phi) is 8.94. The molecule has 1 fully saturated rings. The third kappa shape index (κ3) is 5.65. The van der Waals surface area contributed by atoms with Crippen LogP contribution in [-0.2, 0) is 20.7 Å². The Hall–Kier alpha value is -3.52. The SMILES string of the molecule is CCCCOc1ccc(C2C(=C(O)c3ccc4c(c3)CC(C)O4)C(=O)C(=O)N2CCCOC)cc1OCC. The first-order chi connectivity index (χ1) is 18.4. The van der Waals surface area contributed by atoms with Gasteiger partial charge in [-0.05, 0) is 68.1 Å². The van der Waals surface area contributed by atoms with Crippen LogP contribution in [0.3, 0.4) is 0 Å². The second kappa shape index (κ2) is 12.3. The molecule has 0 aromatic heterocycles. The molecular weight excluding hydrogens is 486 g/mol. The summed E-state index contributed by atoms with van der Waals surface area (Å²) in [6.45, 7) is 7.69. The van der Waals surface area contributed by atoms with E-state index in [0.29, 0.717) is 61.8 Å². The van der Waals surface area contributed by atoms with Crippen molar-refractivity contribution in [2.24, 2.45) is 0 Å². The molecule has 2 aromatic rings. The Morgan fingerprint density at radius 2 is 1.87 bits per heavy atom. The summed E-state index contributed by atoms with van der Waals surface area (Å²) < 4.78 is 22.8. The van der Waals surface area contributed by atoms with Crippen LogP contribution in [0.25, 0.3) is 5.76 Å². The van der Waals surface area contributed by atoms with Crippen molar-refractivity contribution in [2.75, 3.05) is 33.5 Å². The smallest absolute Gasteiger partial charge is 0.295 e. The number of carbonyl (C=O) groups is 2. The number of nitrogens with zero attached hydrogens (tertiary/aromatic N) is 1. The fourth-order valence-electron chi connectivity index (χ4n) is 4.97. The van der Waals surface area contributed by atoms with Gasteiger partial charge in [-0.15, -0.1) is 0 Å². The number of aliphatic hydroxyl groups is 1. The van der Waals surface area contributed by atoms with Gasteiger partial charge in [-0.3, -0.25) is 9.59 Å². The lowest BCUT2D eigenvalue weighted by Crippen LogP contribution is -2.31. The maximum absolute atomic E-state index is 13.4. The molecule has 0 aliphatic carbocycles. The van der Waals surface area contributed by atoms with E-state index in [9.17, 15) is 14.7 Å². The highest BCUT2D eigenvalue weighted by atomic mass is 16.5. The molecule has 2 aliphatic heterocycles. The van der Waals surface area contributed by atoms with Crippen molar-refractivity contribution in [3.63, 3.8) is 0 Å². The van der Waals surface area contributed by atoms with E-state index in [4.69, 9.17) is 18.9 Å². The summed E-state index contributed by atoms with van der Waals surface area (Å²) in [6, 6.07) is 10.0. The average Bonchev–Trinajstić information content (AvgIpc) is 3.40. The van der Waals surface area contributed by atoms with Crippen LogP contribution >= 0.6 is 0 Å². The van der Waals surface area contributed by atoms with Gasteiger partial charge in [-0.25, -0.2) is 0 Å². The van der Waals surface area contributed by atoms with E-state index in [1.165, 1.54) is 4.90 Å². The monoisotopic (exact) mass is 523 g/mol. The zero-order valence-corrected chi connectivity index (χ0v) is 22.6. The average molecular weight is 524 g/mol. The van der Waals surface area contributed by atoms with Crippen molar-refractivity contribution < 1.29 is 33.6 Å². The first-order valence-corrected chi connectivity index (χ1v) is 13.4. The fourth-order valence-corrected chi connectivity index (χ4v) is 4.97. The van der Waals surface area contributed by atoms with Gasteiger partial charge in [0.2, 0.25) is 0 Å². The van der Waals surface area contributed by atoms with E-state index in [1.54, 1.807) is 31.4 Å². The van der Waals surface area contributed by atoms with Gasteiger partial charge in [0.15, 0.2) is 11.5 Å². The van der Waals surface area contributed by atoms with Crippen LogP contribution in [0.5, 0.6) is 17.2 Å². The van der Waals surface area contributed by atoms with E-state index in [2.05, 4.69) is 6.92 Å². The van der Waals surface area contributed by atoms with E-state index in [1.807, 2.05) is 26.0 Å². The minimum atomic E-state index is -0.779. The van der Waals surface area contributed by atoms with Crippen molar-refractivity contribution >= 4 is 17.4 Å². The minimum absolute atomic E-state index is 0.0452. The number of fused-ring (bicyclic) bond motifs is 1. The maximum atomic E-state index is 13.4. The van der Waals surface area contributed by atoms with Crippen molar-refractivity contribution in [2.45, 2.75) is 58.6 Å². The molecule has 0 bridgehead atoms. The van der Waals surface area contributed by atoms with Gasteiger partial charge < -0.3 is 29.0 Å². The highest BCUT2D eigenvalue weighted by Gasteiger charge is 2.46. The molecule has 0 saturated carbocycles. The predicted molar refractivity (Wildman–Crippen MR) is 144 cm³/mol. The molecule has 8 nitrogen and oxygen atoms in total. The quantitative estimate of drug-likeness (QED) is 0.180. The first kappa shape index (κ1) is 27.5. The summed E-state index contributed by atoms with van der Waals surface area (Å²) >= 11 is 0. The van der Waals surface area contributed by atoms with Crippen molar-refractivity contribution in [1.29, 1.82) is 0 Å². The van der Waals surface area contributed by atoms with Gasteiger partial charge >= 0.3 is 0 Å². The number of Topliss-reactive ketones (excluding diaryl/α,β-unsaturated/α-hetero) is 1. The highest BCUT2D eigenvalue weighted by Crippen LogP contribution is 2.43. The summed E-state index contributed by atoms with van der Waals surface area (Å²) in [6.07, 6.45) is 3.22. The molecule has 1 N–H and O–H groups in total. The van der Waals surface area contributed by atoms with Crippen LogP contribution in [0, 0.1) is 0 Å². The van der Waals surface area contributed by atoms with Crippen LogP contribution in [0.1, 0.15) is 62.8 Å². The fraction of sp³-hybridized carbons (Fsp3) is 0.467. The second-order valence-corrected chi connectivity index (χ2v) is 9.64. The third-order valence-electron chi connectivity index (χ3n) is 6.80. The first-order valence-electron chi connectivity index (χ1n) is 13.4. The number of carbonyl (C=O) groups excluding carboxylic acids is 2. The number of ether oxygens (including phenoxy) is 4. The standard InChI is InChI=1S/C30H37NO7/c1-5-7-15-37-24-12-9-20(18-25(24)36-6-2)27-26(29(33)30(34)31(27)13-8-14-35-4)28(32)21-10-11-23-22(17-21)16-19(3)38-23/h9-12,17-19,27,32H,5-8,13-16H2,1-4H3. The molecular formula is C30H37NO7. The summed E-state index contributed by atoms with van der Waals surface area (Å²) in [5.74, 6) is 0.348. The second-order valence-electron chi connectivity index (χ2n) is 9.64. The van der Waals surface area contributed by atoms with Crippen LogP contribution in [0.4, 0.5) is 0 Å². The molecule has 2 atom stereocenters. The number of unbranched alkanes of at least 4 members (excludes halogenated alkanes) is 1. The topological polar surface area (TPSA) is 94.5 Å². The lowest BCUT2D eigenvalue weighted by Gasteiger charge is -2.26. The zero-order valence-electron chi connectivity index (χ0n) is 22.6. The number of likely N-dealkylation sites (tertiary alicyclic amines) is 1. The van der Waals surface area contributed by atoms with E-state index in [-0.39, 0.29) is 17.4 Å². The lowest BCUT2D eigenvalue weighted by atomic mass is 9.94. The van der Waals surface area contributed by atoms with Gasteiger partial charge in [0.1, 0.15) is 17.6 Å². The molecule has 2 heterocycles. The molecule has 2 aliphatic rings. The van der Waals surface area contributed by atoms with E-state index < -0.39 is 17.7 Å². The normalized spacial score (nSPS) is 19.9. The van der Waals surface area contributed by atoms with Crippen LogP contribution < -0.4 is 14.2 Å². The number of amides is 1. The van der Waals surface area contributed by atoms with Gasteiger partial charge in [0.05, 0.1) is 24.8 Å². The van der Waals surface area contributed by atoms with Gasteiger partial charge in [-0.1, -0.05) is 19.4 Å². The molecule has 38 heavy (non-hydrogen) atoms. The Labute approximate surface area is 224 Å². The Morgan fingerprint density at radius 1 is 1.05 bits per heavy atom. The largest absolute Gasteiger partial charge is 0.507 e. The molecule has 2 aromatic carbocycles. The zero-order chi connectivity index (χ0) is 27.2. The Morgan fingerprint density at radius 3 is 2.61 bits per heavy atom. The Bertz CT molecular complexity index is 1210. The third-order valence-corrected chi connectivity index (χ3v) is 6.80. The number of hydrogen-bond acceptors (Lipinski definition) is 7. The summed E-state index contributed by atoms with van der Waals surface area (Å²) in [7, 11) is 1.59. The molecule has 4 rings (SSSR count). The molecule has 0 spiro atoms. The summed E-state index contributed by atoms with van der Waals surface area (Å²) in [4.78, 5) is 28.1. The number of aliphatic hydroxyl groups excluding tert-OH is 1. The summed E-state index contributed by atoms with van der Waals surface area (Å²) in [5.41, 5.74) is 2.15. The van der Waals surface area contributed by atoms with Crippen molar-refractivity contribution in [3.05, 3.63) is 58.7 Å². The number of methoxy groups -OCH3 is 1. The minimum Gasteiger partial charge on any atom is -0.507 e. The van der Waals surface area contributed by atoms with Crippen LogP contribution in [0.2, 0.25) is 0 Å². The van der Waals surface area contributed by atoms with E-state index in [0.717, 1.165) is 24.2 Å². The molecule has 0 radical (unpaired) electrons. The van der Waals surface area contributed by atoms with Gasteiger partial charge in [0.25, 0.3) is 11.7 Å². The number of rotatable bonds is 12. The number of ketones is 1. The molecule has 1 amide bonds. The molecule has 204 valence electrons. The molecule has 8 heteroatoms. The maximum Gasteiger partial charge on any atom is 0.295 e. The van der Waals surface area contributed by atoms with Crippen molar-refractivity contribution in [3.8, 4) is 17.2 Å². The van der Waals surface area contributed by atoms with Crippen LogP contribution in [-0.4, -0.2) is 61.3 Å². The number of hydrogen-bond donors (Lipinski definition) is 1. The Balaban J connectivity index is 1.79. The van der Waals surface area contributed by atoms with Crippen LogP contribution in [0.15, 0.2) is 42.0 Å². The number of benzene rings is 2. The summed E-state index contributed by atoms with van der Waals surface area (Å²) in [5, 5.41) is 11.5. The molecule has 2 unspecified atom stereocenters. The molecule has 1 saturated heterocycles. The predicted octanol–water partition coefficient (Wildman–Crippen LogP) is 5.05. The van der Waals surface area contributed by atoms with E-state index >= 15 is 0 Å². The van der Waals surface area contributed by atoms with Crippen molar-refractivity contribution in [1.82, 2.24) is 4.90 Å². The van der Waals surface area contributed by atoms with Gasteiger partial charge in [0, 0.05) is 32.2 Å².